The third-order valence-corrected chi connectivity index (χ3v) is 9.54. The van der Waals surface area contributed by atoms with Crippen molar-refractivity contribution in [2.45, 2.75) is 64.1 Å². The number of carbonyl (C=O) groups excluding carboxylic acids is 2. The first kappa shape index (κ1) is 32.7. The first-order valence-corrected chi connectivity index (χ1v) is 15.8. The van der Waals surface area contributed by atoms with Crippen molar-refractivity contribution in [3.8, 4) is 0 Å². The van der Waals surface area contributed by atoms with E-state index in [-0.39, 0.29) is 35.5 Å². The first-order chi connectivity index (χ1) is 19.4. The quantitative estimate of drug-likeness (QED) is 0.235. The summed E-state index contributed by atoms with van der Waals surface area (Å²) in [6.45, 7) is 6.65. The van der Waals surface area contributed by atoms with Gasteiger partial charge in [0.2, 0.25) is 11.8 Å². The molecule has 2 amide bonds. The van der Waals surface area contributed by atoms with Crippen LogP contribution in [0.2, 0.25) is 15.1 Å². The molecule has 0 spiro atoms. The Morgan fingerprint density at radius 1 is 0.902 bits per heavy atom. The summed E-state index contributed by atoms with van der Waals surface area (Å²) in [6.07, 6.45) is 0.974. The second kappa shape index (κ2) is 14.4. The molecule has 1 N–H and O–H groups in total. The molecule has 2 atom stereocenters. The molecule has 0 fully saturated rings. The highest BCUT2D eigenvalue weighted by Gasteiger charge is 2.35. The molecule has 7 nitrogen and oxygen atoms in total. The van der Waals surface area contributed by atoms with E-state index in [1.165, 1.54) is 23.1 Å². The molecule has 11 heteroatoms. The van der Waals surface area contributed by atoms with Gasteiger partial charge in [0.25, 0.3) is 10.0 Å². The van der Waals surface area contributed by atoms with Crippen molar-refractivity contribution in [1.29, 1.82) is 0 Å². The molecule has 0 aliphatic rings. The van der Waals surface area contributed by atoms with Crippen LogP contribution >= 0.6 is 34.8 Å². The maximum absolute atomic E-state index is 14.2. The standard InChI is InChI=1S/C30H34Cl3N3O4S/c1-5-21(4)34-30(38)27(6-2)35(18-24-25(32)13-10-14-26(24)33)29(37)19-36(28-17-22(31)16-15-20(28)3)41(39,40)23-11-8-7-9-12-23/h7-17,21,27H,5-6,18-19H2,1-4H3,(H,34,38). The predicted octanol–water partition coefficient (Wildman–Crippen LogP) is 6.87. The van der Waals surface area contributed by atoms with Crippen LogP contribution < -0.4 is 9.62 Å². The van der Waals surface area contributed by atoms with Crippen molar-refractivity contribution in [3.05, 3.63) is 92.9 Å². The number of rotatable bonds is 12. The zero-order chi connectivity index (χ0) is 30.3. The summed E-state index contributed by atoms with van der Waals surface area (Å²) < 4.78 is 29.0. The molecule has 2 unspecified atom stereocenters. The third kappa shape index (κ3) is 7.95. The van der Waals surface area contributed by atoms with Gasteiger partial charge in [-0.2, -0.15) is 0 Å². The number of anilines is 1. The minimum Gasteiger partial charge on any atom is -0.352 e. The van der Waals surface area contributed by atoms with Crippen LogP contribution in [0.4, 0.5) is 5.69 Å². The van der Waals surface area contributed by atoms with Gasteiger partial charge in [-0.1, -0.05) is 79.0 Å². The van der Waals surface area contributed by atoms with Crippen molar-refractivity contribution >= 4 is 62.3 Å². The Morgan fingerprint density at radius 3 is 2.12 bits per heavy atom. The highest BCUT2D eigenvalue weighted by Crippen LogP contribution is 2.31. The van der Waals surface area contributed by atoms with E-state index in [4.69, 9.17) is 34.8 Å². The minimum absolute atomic E-state index is 0.00873. The molecule has 0 aromatic heterocycles. The summed E-state index contributed by atoms with van der Waals surface area (Å²) in [5.41, 5.74) is 1.31. The molecule has 0 aliphatic carbocycles. The molecule has 41 heavy (non-hydrogen) atoms. The monoisotopic (exact) mass is 637 g/mol. The fraction of sp³-hybridized carbons (Fsp3) is 0.333. The Balaban J connectivity index is 2.13. The molecular weight excluding hydrogens is 605 g/mol. The maximum atomic E-state index is 14.2. The fourth-order valence-electron chi connectivity index (χ4n) is 4.30. The number of benzene rings is 3. The molecule has 3 aromatic carbocycles. The molecule has 0 heterocycles. The third-order valence-electron chi connectivity index (χ3n) is 6.83. The number of hydrogen-bond acceptors (Lipinski definition) is 4. The lowest BCUT2D eigenvalue weighted by molar-refractivity contribution is -0.140. The Bertz CT molecular complexity index is 1470. The van der Waals surface area contributed by atoms with E-state index in [0.29, 0.717) is 32.6 Å². The predicted molar refractivity (Wildman–Crippen MR) is 166 cm³/mol. The van der Waals surface area contributed by atoms with Crippen LogP contribution in [0.15, 0.2) is 71.6 Å². The van der Waals surface area contributed by atoms with Crippen LogP contribution in [0.3, 0.4) is 0 Å². The van der Waals surface area contributed by atoms with E-state index in [0.717, 1.165) is 4.31 Å². The van der Waals surface area contributed by atoms with Crippen molar-refractivity contribution in [2.24, 2.45) is 0 Å². The van der Waals surface area contributed by atoms with Gasteiger partial charge in [0, 0.05) is 33.2 Å². The van der Waals surface area contributed by atoms with Crippen LogP contribution in [-0.2, 0) is 26.2 Å². The van der Waals surface area contributed by atoms with E-state index in [1.807, 2.05) is 13.8 Å². The molecular formula is C30H34Cl3N3O4S. The molecule has 0 radical (unpaired) electrons. The summed E-state index contributed by atoms with van der Waals surface area (Å²) in [7, 11) is -4.21. The number of nitrogens with zero attached hydrogens (tertiary/aromatic N) is 2. The van der Waals surface area contributed by atoms with Gasteiger partial charge in [0.1, 0.15) is 12.6 Å². The summed E-state index contributed by atoms with van der Waals surface area (Å²) in [4.78, 5) is 29.0. The fourth-order valence-corrected chi connectivity index (χ4v) is 6.47. The lowest BCUT2D eigenvalue weighted by Gasteiger charge is -2.34. The Morgan fingerprint density at radius 2 is 1.54 bits per heavy atom. The maximum Gasteiger partial charge on any atom is 0.264 e. The van der Waals surface area contributed by atoms with Gasteiger partial charge in [-0.25, -0.2) is 8.42 Å². The lowest BCUT2D eigenvalue weighted by atomic mass is 10.1. The molecule has 0 saturated heterocycles. The van der Waals surface area contributed by atoms with E-state index in [1.54, 1.807) is 62.4 Å². The summed E-state index contributed by atoms with van der Waals surface area (Å²) >= 11 is 19.2. The molecule has 0 aliphatic heterocycles. The molecule has 0 bridgehead atoms. The normalized spacial score (nSPS) is 12.9. The van der Waals surface area contributed by atoms with Crippen LogP contribution in [0, 0.1) is 6.92 Å². The number of halogens is 3. The van der Waals surface area contributed by atoms with Crippen LogP contribution in [-0.4, -0.2) is 43.8 Å². The highest BCUT2D eigenvalue weighted by atomic mass is 35.5. The molecule has 3 aromatic rings. The van der Waals surface area contributed by atoms with Gasteiger partial charge in [0.05, 0.1) is 10.6 Å². The van der Waals surface area contributed by atoms with E-state index in [9.17, 15) is 18.0 Å². The largest absolute Gasteiger partial charge is 0.352 e. The summed E-state index contributed by atoms with van der Waals surface area (Å²) in [6, 6.07) is 16.6. The van der Waals surface area contributed by atoms with E-state index in [2.05, 4.69) is 5.32 Å². The van der Waals surface area contributed by atoms with Gasteiger partial charge in [-0.3, -0.25) is 13.9 Å². The van der Waals surface area contributed by atoms with Crippen LogP contribution in [0.5, 0.6) is 0 Å². The number of amides is 2. The van der Waals surface area contributed by atoms with Gasteiger partial charge < -0.3 is 10.2 Å². The second-order valence-corrected chi connectivity index (χ2v) is 12.8. The highest BCUT2D eigenvalue weighted by molar-refractivity contribution is 7.92. The van der Waals surface area contributed by atoms with Crippen molar-refractivity contribution in [1.82, 2.24) is 10.2 Å². The average Bonchev–Trinajstić information content (AvgIpc) is 2.94. The molecule has 220 valence electrons. The number of nitrogens with one attached hydrogen (secondary N) is 1. The Labute approximate surface area is 257 Å². The first-order valence-electron chi connectivity index (χ1n) is 13.3. The number of sulfonamides is 1. The SMILES string of the molecule is CCC(C)NC(=O)C(CC)N(Cc1c(Cl)cccc1Cl)C(=O)CN(c1cc(Cl)ccc1C)S(=O)(=O)c1ccccc1. The topological polar surface area (TPSA) is 86.8 Å². The summed E-state index contributed by atoms with van der Waals surface area (Å²) in [5, 5.41) is 3.90. The average molecular weight is 639 g/mol. The summed E-state index contributed by atoms with van der Waals surface area (Å²) in [5.74, 6) is -0.958. The second-order valence-electron chi connectivity index (χ2n) is 9.72. The van der Waals surface area contributed by atoms with Crippen molar-refractivity contribution in [3.63, 3.8) is 0 Å². The van der Waals surface area contributed by atoms with E-state index < -0.39 is 28.5 Å². The number of hydrogen-bond donors (Lipinski definition) is 1. The van der Waals surface area contributed by atoms with Gasteiger partial charge >= 0.3 is 0 Å². The minimum atomic E-state index is -4.21. The van der Waals surface area contributed by atoms with Crippen molar-refractivity contribution in [2.75, 3.05) is 10.8 Å². The molecule has 0 saturated carbocycles. The smallest absolute Gasteiger partial charge is 0.264 e. The van der Waals surface area contributed by atoms with Crippen LogP contribution in [0.1, 0.15) is 44.7 Å². The molecule has 3 rings (SSSR count). The van der Waals surface area contributed by atoms with Gasteiger partial charge in [-0.05, 0) is 68.7 Å². The van der Waals surface area contributed by atoms with E-state index >= 15 is 0 Å². The lowest BCUT2D eigenvalue weighted by Crippen LogP contribution is -2.53. The Hall–Kier alpha value is -2.78. The van der Waals surface area contributed by atoms with Gasteiger partial charge in [0.15, 0.2) is 0 Å². The van der Waals surface area contributed by atoms with Crippen molar-refractivity contribution < 1.29 is 18.0 Å². The zero-order valence-corrected chi connectivity index (χ0v) is 26.5. The zero-order valence-electron chi connectivity index (χ0n) is 23.4. The Kier molecular flexibility index (Phi) is 11.5. The van der Waals surface area contributed by atoms with Crippen LogP contribution in [0.25, 0.3) is 0 Å². The van der Waals surface area contributed by atoms with Gasteiger partial charge in [-0.15, -0.1) is 0 Å². The number of aryl methyl sites for hydroxylation is 1. The number of carbonyl (C=O) groups is 2.